The molecular weight excluding hydrogens is 326 g/mol. The third-order valence-corrected chi connectivity index (χ3v) is 3.85. The zero-order chi connectivity index (χ0) is 18.4. The summed E-state index contributed by atoms with van der Waals surface area (Å²) in [5.74, 6) is -0.212. The smallest absolute Gasteiger partial charge is 0.270 e. The number of nitrogens with one attached hydrogen (secondary N) is 2. The molecule has 2 N–H and O–H groups in total. The summed E-state index contributed by atoms with van der Waals surface area (Å²) < 4.78 is 0. The Morgan fingerprint density at radius 3 is 2.42 bits per heavy atom. The number of benzene rings is 2. The average molecular weight is 345 g/mol. The maximum atomic E-state index is 12.2. The van der Waals surface area contributed by atoms with Crippen LogP contribution in [0.5, 0.6) is 0 Å². The van der Waals surface area contributed by atoms with E-state index in [0.29, 0.717) is 17.8 Å². The van der Waals surface area contributed by atoms with Crippen molar-refractivity contribution >= 4 is 23.1 Å². The van der Waals surface area contributed by atoms with Crippen LogP contribution in [0.15, 0.2) is 72.9 Å². The van der Waals surface area contributed by atoms with Gasteiger partial charge in [-0.05, 0) is 36.8 Å². The maximum Gasteiger partial charge on any atom is 0.270 e. The molecule has 0 radical (unpaired) electrons. The molecule has 1 heterocycles. The number of ketones is 1. The highest BCUT2D eigenvalue weighted by Crippen LogP contribution is 2.17. The minimum absolute atomic E-state index is 0.0113. The third-order valence-electron chi connectivity index (χ3n) is 3.85. The van der Waals surface area contributed by atoms with E-state index in [4.69, 9.17) is 0 Å². The summed E-state index contributed by atoms with van der Waals surface area (Å²) in [4.78, 5) is 27.8. The number of rotatable bonds is 6. The second-order valence-electron chi connectivity index (χ2n) is 5.86. The fourth-order valence-corrected chi connectivity index (χ4v) is 2.45. The molecule has 0 unspecified atom stereocenters. The number of pyridine rings is 1. The van der Waals surface area contributed by atoms with Crippen LogP contribution in [-0.4, -0.2) is 16.7 Å². The molecule has 0 saturated heterocycles. The second kappa shape index (κ2) is 8.07. The van der Waals surface area contributed by atoms with Crippen LogP contribution < -0.4 is 10.6 Å². The molecule has 0 bridgehead atoms. The van der Waals surface area contributed by atoms with E-state index >= 15 is 0 Å². The Morgan fingerprint density at radius 1 is 0.923 bits per heavy atom. The first-order valence-corrected chi connectivity index (χ1v) is 8.28. The summed E-state index contributed by atoms with van der Waals surface area (Å²) in [5.41, 5.74) is 3.56. The number of carbonyl (C=O) groups is 2. The number of nitrogens with zero attached hydrogens (tertiary/aromatic N) is 1. The number of Topliss-reactive ketones (excluding diaryl/α,β-unsaturated/α-hetero) is 1. The predicted molar refractivity (Wildman–Crippen MR) is 102 cm³/mol. The first kappa shape index (κ1) is 17.4. The van der Waals surface area contributed by atoms with Crippen molar-refractivity contribution in [2.24, 2.45) is 0 Å². The zero-order valence-corrected chi connectivity index (χ0v) is 14.4. The number of aromatic nitrogens is 1. The number of hydrogen-bond acceptors (Lipinski definition) is 4. The molecule has 3 aromatic rings. The Hall–Kier alpha value is -3.47. The number of hydrogen-bond donors (Lipinski definition) is 2. The minimum Gasteiger partial charge on any atom is -0.354 e. The third kappa shape index (κ3) is 4.54. The normalized spacial score (nSPS) is 10.2. The Morgan fingerprint density at radius 2 is 1.73 bits per heavy atom. The Kier molecular flexibility index (Phi) is 5.39. The highest BCUT2D eigenvalue weighted by molar-refractivity contribution is 5.95. The number of amides is 1. The van der Waals surface area contributed by atoms with Crippen molar-refractivity contribution < 1.29 is 9.59 Å². The van der Waals surface area contributed by atoms with Gasteiger partial charge in [0, 0.05) is 17.8 Å². The van der Waals surface area contributed by atoms with Gasteiger partial charge in [0.1, 0.15) is 5.69 Å². The van der Waals surface area contributed by atoms with E-state index in [1.807, 2.05) is 42.5 Å². The Labute approximate surface area is 152 Å². The second-order valence-corrected chi connectivity index (χ2v) is 5.86. The van der Waals surface area contributed by atoms with E-state index in [0.717, 1.165) is 16.9 Å². The number of anilines is 2. The van der Waals surface area contributed by atoms with Crippen LogP contribution in [0.3, 0.4) is 0 Å². The van der Waals surface area contributed by atoms with Crippen LogP contribution in [0.25, 0.3) is 0 Å². The monoisotopic (exact) mass is 345 g/mol. The van der Waals surface area contributed by atoms with Gasteiger partial charge in [-0.2, -0.15) is 0 Å². The molecule has 0 spiro atoms. The molecule has 130 valence electrons. The van der Waals surface area contributed by atoms with Gasteiger partial charge < -0.3 is 10.6 Å². The summed E-state index contributed by atoms with van der Waals surface area (Å²) in [6.07, 6.45) is 1.60. The Balaban J connectivity index is 1.62. The van der Waals surface area contributed by atoms with E-state index in [9.17, 15) is 9.59 Å². The lowest BCUT2D eigenvalue weighted by atomic mass is 10.1. The molecule has 0 aliphatic heterocycles. The average Bonchev–Trinajstić information content (AvgIpc) is 2.68. The molecule has 1 amide bonds. The molecule has 0 aliphatic carbocycles. The molecule has 5 nitrogen and oxygen atoms in total. The van der Waals surface area contributed by atoms with Crippen molar-refractivity contribution in [2.45, 2.75) is 13.5 Å². The van der Waals surface area contributed by atoms with Crippen molar-refractivity contribution in [1.82, 2.24) is 10.3 Å². The minimum atomic E-state index is -0.223. The van der Waals surface area contributed by atoms with Crippen LogP contribution in [0, 0.1) is 0 Å². The van der Waals surface area contributed by atoms with E-state index in [2.05, 4.69) is 15.6 Å². The largest absolute Gasteiger partial charge is 0.354 e. The molecule has 0 atom stereocenters. The Bertz CT molecular complexity index is 906. The van der Waals surface area contributed by atoms with Gasteiger partial charge in [-0.15, -0.1) is 0 Å². The molecular formula is C21H19N3O2. The number of carbonyl (C=O) groups excluding carboxylic acids is 2. The van der Waals surface area contributed by atoms with Crippen LogP contribution in [0.2, 0.25) is 0 Å². The maximum absolute atomic E-state index is 12.2. The van der Waals surface area contributed by atoms with Gasteiger partial charge in [-0.1, -0.05) is 42.5 Å². The lowest BCUT2D eigenvalue weighted by Crippen LogP contribution is -2.23. The van der Waals surface area contributed by atoms with E-state index in [1.54, 1.807) is 30.5 Å². The summed E-state index contributed by atoms with van der Waals surface area (Å²) in [6.45, 7) is 1.99. The van der Waals surface area contributed by atoms with Gasteiger partial charge in [0.25, 0.3) is 5.91 Å². The van der Waals surface area contributed by atoms with Crippen molar-refractivity contribution in [2.75, 3.05) is 5.32 Å². The molecule has 1 aromatic heterocycles. The zero-order valence-electron chi connectivity index (χ0n) is 14.4. The SMILES string of the molecule is CC(=O)c1cccc(Nc2ccc(C(=O)NCc3ccccc3)nc2)c1. The first-order chi connectivity index (χ1) is 12.6. The molecule has 2 aromatic carbocycles. The van der Waals surface area contributed by atoms with Gasteiger partial charge in [0.05, 0.1) is 11.9 Å². The van der Waals surface area contributed by atoms with E-state index in [-0.39, 0.29) is 11.7 Å². The summed E-state index contributed by atoms with van der Waals surface area (Å²) in [5, 5.41) is 6.02. The van der Waals surface area contributed by atoms with Gasteiger partial charge >= 0.3 is 0 Å². The molecule has 0 fully saturated rings. The summed E-state index contributed by atoms with van der Waals surface area (Å²) in [6, 6.07) is 20.4. The van der Waals surface area contributed by atoms with Crippen molar-refractivity contribution in [3.63, 3.8) is 0 Å². The highest BCUT2D eigenvalue weighted by Gasteiger charge is 2.07. The van der Waals surface area contributed by atoms with Crippen molar-refractivity contribution in [3.8, 4) is 0 Å². The highest BCUT2D eigenvalue weighted by atomic mass is 16.1. The van der Waals surface area contributed by atoms with Gasteiger partial charge in [0.2, 0.25) is 0 Å². The molecule has 0 saturated carbocycles. The first-order valence-electron chi connectivity index (χ1n) is 8.28. The topological polar surface area (TPSA) is 71.1 Å². The fourth-order valence-electron chi connectivity index (χ4n) is 2.45. The molecule has 0 aliphatic rings. The predicted octanol–water partition coefficient (Wildman–Crippen LogP) is 3.96. The molecule has 26 heavy (non-hydrogen) atoms. The van der Waals surface area contributed by atoms with Crippen LogP contribution in [-0.2, 0) is 6.54 Å². The van der Waals surface area contributed by atoms with Gasteiger partial charge in [0.15, 0.2) is 5.78 Å². The lowest BCUT2D eigenvalue weighted by Gasteiger charge is -2.08. The fraction of sp³-hybridized carbons (Fsp3) is 0.0952. The summed E-state index contributed by atoms with van der Waals surface area (Å²) in [7, 11) is 0. The lowest BCUT2D eigenvalue weighted by molar-refractivity contribution is 0.0945. The summed E-state index contributed by atoms with van der Waals surface area (Å²) >= 11 is 0. The van der Waals surface area contributed by atoms with Crippen molar-refractivity contribution in [1.29, 1.82) is 0 Å². The van der Waals surface area contributed by atoms with Crippen LogP contribution >= 0.6 is 0 Å². The van der Waals surface area contributed by atoms with E-state index < -0.39 is 0 Å². The standard InChI is InChI=1S/C21H19N3O2/c1-15(25)17-8-5-9-18(12-17)24-19-10-11-20(22-14-19)21(26)23-13-16-6-3-2-4-7-16/h2-12,14,24H,13H2,1H3,(H,23,26). The quantitative estimate of drug-likeness (QED) is 0.664. The molecule has 5 heteroatoms. The van der Waals surface area contributed by atoms with Gasteiger partial charge in [-0.3, -0.25) is 9.59 Å². The van der Waals surface area contributed by atoms with Crippen molar-refractivity contribution in [3.05, 3.63) is 89.7 Å². The van der Waals surface area contributed by atoms with Crippen LogP contribution in [0.1, 0.15) is 33.3 Å². The molecule has 3 rings (SSSR count). The van der Waals surface area contributed by atoms with E-state index in [1.165, 1.54) is 6.92 Å². The van der Waals surface area contributed by atoms with Gasteiger partial charge in [-0.25, -0.2) is 4.98 Å². The van der Waals surface area contributed by atoms with Crippen LogP contribution in [0.4, 0.5) is 11.4 Å².